The largest absolute Gasteiger partial charge is 0.480 e. The molecule has 0 aromatic rings. The van der Waals surface area contributed by atoms with Crippen molar-refractivity contribution in [2.24, 2.45) is 11.1 Å². The number of hydrogen-bond donors (Lipinski definition) is 2. The summed E-state index contributed by atoms with van der Waals surface area (Å²) in [5.41, 5.74) is 6.03. The van der Waals surface area contributed by atoms with Gasteiger partial charge in [0.2, 0.25) is 0 Å². The van der Waals surface area contributed by atoms with Gasteiger partial charge in [0.15, 0.2) is 0 Å². The number of nitrogens with two attached hydrogens (primary N) is 1. The Bertz CT molecular complexity index is 235. The molecule has 1 rings (SSSR count). The van der Waals surface area contributed by atoms with E-state index in [0.717, 1.165) is 13.0 Å². The minimum atomic E-state index is -0.739. The summed E-state index contributed by atoms with van der Waals surface area (Å²) in [6, 6.07) is -0.353. The molecule has 0 aromatic carbocycles. The highest BCUT2D eigenvalue weighted by Crippen LogP contribution is 2.23. The molecule has 88 valence electrons. The summed E-state index contributed by atoms with van der Waals surface area (Å²) in [6.07, 6.45) is 1.59. The van der Waals surface area contributed by atoms with Crippen LogP contribution in [-0.2, 0) is 4.79 Å². The molecule has 0 aliphatic carbocycles. The SMILES string of the molecule is CC(C)(C)CCN1C[C@@H](N)C[C@H]1C(=O)O. The predicted molar refractivity (Wildman–Crippen MR) is 59.7 cm³/mol. The fraction of sp³-hybridized carbons (Fsp3) is 0.909. The fourth-order valence-electron chi connectivity index (χ4n) is 1.92. The molecule has 0 bridgehead atoms. The Morgan fingerprint density at radius 2 is 2.13 bits per heavy atom. The molecule has 0 saturated carbocycles. The Kier molecular flexibility index (Phi) is 3.73. The van der Waals surface area contributed by atoms with Gasteiger partial charge in [-0.25, -0.2) is 0 Å². The summed E-state index contributed by atoms with van der Waals surface area (Å²) < 4.78 is 0. The highest BCUT2D eigenvalue weighted by Gasteiger charge is 2.35. The summed E-state index contributed by atoms with van der Waals surface area (Å²) in [5.74, 6) is -0.739. The van der Waals surface area contributed by atoms with Crippen molar-refractivity contribution in [3.63, 3.8) is 0 Å². The molecule has 3 N–H and O–H groups in total. The summed E-state index contributed by atoms with van der Waals surface area (Å²) >= 11 is 0. The van der Waals surface area contributed by atoms with Crippen molar-refractivity contribution in [1.29, 1.82) is 0 Å². The molecule has 0 unspecified atom stereocenters. The number of aliphatic carboxylic acids is 1. The monoisotopic (exact) mass is 214 g/mol. The van der Waals surface area contributed by atoms with Crippen molar-refractivity contribution in [3.05, 3.63) is 0 Å². The maximum absolute atomic E-state index is 11.0. The van der Waals surface area contributed by atoms with Crippen LogP contribution in [0.2, 0.25) is 0 Å². The molecule has 1 saturated heterocycles. The van der Waals surface area contributed by atoms with E-state index in [-0.39, 0.29) is 17.5 Å². The standard InChI is InChI=1S/C11H22N2O2/c1-11(2,3)4-5-13-7-8(12)6-9(13)10(14)15/h8-9H,4-7,12H2,1-3H3,(H,14,15)/t8-,9-/m0/s1. The van der Waals surface area contributed by atoms with Crippen LogP contribution >= 0.6 is 0 Å². The average molecular weight is 214 g/mol. The van der Waals surface area contributed by atoms with E-state index in [1.165, 1.54) is 0 Å². The van der Waals surface area contributed by atoms with Crippen molar-refractivity contribution < 1.29 is 9.90 Å². The lowest BCUT2D eigenvalue weighted by Gasteiger charge is -2.25. The van der Waals surface area contributed by atoms with E-state index in [4.69, 9.17) is 10.8 Å². The van der Waals surface area contributed by atoms with Gasteiger partial charge in [-0.1, -0.05) is 20.8 Å². The third-order valence-corrected chi connectivity index (χ3v) is 2.87. The molecule has 0 aromatic heterocycles. The van der Waals surface area contributed by atoms with E-state index in [9.17, 15) is 4.79 Å². The van der Waals surface area contributed by atoms with Gasteiger partial charge < -0.3 is 10.8 Å². The summed E-state index contributed by atoms with van der Waals surface area (Å²) in [5, 5.41) is 9.03. The van der Waals surface area contributed by atoms with Gasteiger partial charge in [-0.3, -0.25) is 9.69 Å². The molecule has 1 aliphatic heterocycles. The Labute approximate surface area is 91.4 Å². The number of carbonyl (C=O) groups is 1. The highest BCUT2D eigenvalue weighted by atomic mass is 16.4. The topological polar surface area (TPSA) is 66.6 Å². The van der Waals surface area contributed by atoms with Crippen LogP contribution in [0.5, 0.6) is 0 Å². The maximum atomic E-state index is 11.0. The maximum Gasteiger partial charge on any atom is 0.320 e. The van der Waals surface area contributed by atoms with Crippen LogP contribution in [0.15, 0.2) is 0 Å². The van der Waals surface area contributed by atoms with Crippen molar-refractivity contribution in [3.8, 4) is 0 Å². The fourth-order valence-corrected chi connectivity index (χ4v) is 1.92. The predicted octanol–water partition coefficient (Wildman–Crippen LogP) is 0.909. The molecule has 15 heavy (non-hydrogen) atoms. The Hall–Kier alpha value is -0.610. The molecule has 2 atom stereocenters. The lowest BCUT2D eigenvalue weighted by molar-refractivity contribution is -0.142. The zero-order valence-electron chi connectivity index (χ0n) is 9.86. The van der Waals surface area contributed by atoms with Crippen LogP contribution < -0.4 is 5.73 Å². The van der Waals surface area contributed by atoms with E-state index in [1.54, 1.807) is 0 Å². The van der Waals surface area contributed by atoms with Crippen LogP contribution in [0.1, 0.15) is 33.6 Å². The molecule has 1 fully saturated rings. The molecule has 4 nitrogen and oxygen atoms in total. The molecule has 1 heterocycles. The lowest BCUT2D eigenvalue weighted by Crippen LogP contribution is -2.38. The van der Waals surface area contributed by atoms with Crippen molar-refractivity contribution in [2.45, 2.75) is 45.7 Å². The quantitative estimate of drug-likeness (QED) is 0.733. The minimum absolute atomic E-state index is 0.0195. The van der Waals surface area contributed by atoms with Crippen LogP contribution in [0.4, 0.5) is 0 Å². The molecule has 4 heteroatoms. The average Bonchev–Trinajstić information content (AvgIpc) is 2.42. The number of hydrogen-bond acceptors (Lipinski definition) is 3. The third kappa shape index (κ3) is 3.80. The number of carboxylic acid groups (broad SMARTS) is 1. The van der Waals surface area contributed by atoms with Crippen molar-refractivity contribution >= 4 is 5.97 Å². The lowest BCUT2D eigenvalue weighted by atomic mass is 9.92. The molecular formula is C11H22N2O2. The second kappa shape index (κ2) is 4.49. The van der Waals surface area contributed by atoms with E-state index in [2.05, 4.69) is 20.8 Å². The molecular weight excluding hydrogens is 192 g/mol. The van der Waals surface area contributed by atoms with Crippen LogP contribution in [-0.4, -0.2) is 41.1 Å². The molecule has 0 radical (unpaired) electrons. The van der Waals surface area contributed by atoms with Gasteiger partial charge >= 0.3 is 5.97 Å². The van der Waals surface area contributed by atoms with Crippen LogP contribution in [0.25, 0.3) is 0 Å². The van der Waals surface area contributed by atoms with Gasteiger partial charge in [0.05, 0.1) is 0 Å². The number of rotatable bonds is 3. The van der Waals surface area contributed by atoms with Gasteiger partial charge in [0.1, 0.15) is 6.04 Å². The van der Waals surface area contributed by atoms with Crippen LogP contribution in [0, 0.1) is 5.41 Å². The zero-order chi connectivity index (χ0) is 11.6. The van der Waals surface area contributed by atoms with Gasteiger partial charge in [0.25, 0.3) is 0 Å². The van der Waals surface area contributed by atoms with E-state index < -0.39 is 5.97 Å². The first kappa shape index (κ1) is 12.5. The van der Waals surface area contributed by atoms with Crippen LogP contribution in [0.3, 0.4) is 0 Å². The first-order chi connectivity index (χ1) is 6.79. The van der Waals surface area contributed by atoms with Gasteiger partial charge in [-0.2, -0.15) is 0 Å². The summed E-state index contributed by atoms with van der Waals surface area (Å²) in [6.45, 7) is 8.04. The second-order valence-corrected chi connectivity index (χ2v) is 5.66. The zero-order valence-corrected chi connectivity index (χ0v) is 9.86. The molecule has 0 spiro atoms. The first-order valence-corrected chi connectivity index (χ1v) is 5.52. The molecule has 1 aliphatic rings. The minimum Gasteiger partial charge on any atom is -0.480 e. The second-order valence-electron chi connectivity index (χ2n) is 5.66. The van der Waals surface area contributed by atoms with E-state index >= 15 is 0 Å². The highest BCUT2D eigenvalue weighted by molar-refractivity contribution is 5.74. The first-order valence-electron chi connectivity index (χ1n) is 5.52. The number of carboxylic acids is 1. The third-order valence-electron chi connectivity index (χ3n) is 2.87. The van der Waals surface area contributed by atoms with E-state index in [0.29, 0.717) is 13.0 Å². The van der Waals surface area contributed by atoms with Crippen molar-refractivity contribution in [2.75, 3.05) is 13.1 Å². The number of likely N-dealkylation sites (tertiary alicyclic amines) is 1. The Morgan fingerprint density at radius 1 is 1.53 bits per heavy atom. The summed E-state index contributed by atoms with van der Waals surface area (Å²) in [4.78, 5) is 13.0. The van der Waals surface area contributed by atoms with Gasteiger partial charge in [0, 0.05) is 12.6 Å². The Balaban J connectivity index is 2.49. The smallest absolute Gasteiger partial charge is 0.320 e. The summed E-state index contributed by atoms with van der Waals surface area (Å²) in [7, 11) is 0. The van der Waals surface area contributed by atoms with E-state index in [1.807, 2.05) is 4.90 Å². The normalized spacial score (nSPS) is 28.3. The van der Waals surface area contributed by atoms with Gasteiger partial charge in [-0.05, 0) is 24.8 Å². The van der Waals surface area contributed by atoms with Gasteiger partial charge in [-0.15, -0.1) is 0 Å². The number of nitrogens with zero attached hydrogens (tertiary/aromatic N) is 1. The van der Waals surface area contributed by atoms with Crippen molar-refractivity contribution in [1.82, 2.24) is 4.90 Å². The molecule has 0 amide bonds. The Morgan fingerprint density at radius 3 is 2.60 bits per heavy atom.